The average molecular weight is 484 g/mol. The van der Waals surface area contributed by atoms with Gasteiger partial charge in [-0.05, 0) is 54.1 Å². The van der Waals surface area contributed by atoms with Gasteiger partial charge in [-0.25, -0.2) is 0 Å². The topological polar surface area (TPSA) is 96.5 Å². The predicted molar refractivity (Wildman–Crippen MR) is 121 cm³/mol. The molecule has 160 valence electrons. The molecule has 0 heterocycles. The lowest BCUT2D eigenvalue weighted by Crippen LogP contribution is -2.47. The van der Waals surface area contributed by atoms with Gasteiger partial charge in [-0.2, -0.15) is 0 Å². The fourth-order valence-corrected chi connectivity index (χ4v) is 3.05. The van der Waals surface area contributed by atoms with Crippen LogP contribution in [0.4, 0.5) is 0 Å². The zero-order valence-electron chi connectivity index (χ0n) is 16.9. The first kappa shape index (κ1) is 22.3. The molecule has 31 heavy (non-hydrogen) atoms. The van der Waals surface area contributed by atoms with E-state index < -0.39 is 17.9 Å². The van der Waals surface area contributed by atoms with Gasteiger partial charge in [-0.15, -0.1) is 0 Å². The van der Waals surface area contributed by atoms with Crippen LogP contribution in [0.2, 0.25) is 0 Å². The second kappa shape index (κ2) is 10.6. The first-order valence-electron chi connectivity index (χ1n) is 9.70. The van der Waals surface area contributed by atoms with Crippen LogP contribution in [-0.2, 0) is 9.59 Å². The lowest BCUT2D eigenvalue weighted by molar-refractivity contribution is -0.132. The van der Waals surface area contributed by atoms with Crippen LogP contribution in [0.1, 0.15) is 23.7 Å². The van der Waals surface area contributed by atoms with Gasteiger partial charge in [0.25, 0.3) is 11.8 Å². The Hall–Kier alpha value is -3.39. The van der Waals surface area contributed by atoms with Crippen molar-refractivity contribution in [1.29, 1.82) is 0 Å². The fourth-order valence-electron chi connectivity index (χ4n) is 2.79. The maximum absolute atomic E-state index is 12.2. The molecule has 3 N–H and O–H groups in total. The Bertz CT molecular complexity index is 1090. The van der Waals surface area contributed by atoms with Crippen molar-refractivity contribution in [3.8, 4) is 5.75 Å². The van der Waals surface area contributed by atoms with Crippen LogP contribution in [0.25, 0.3) is 10.8 Å². The van der Waals surface area contributed by atoms with Crippen molar-refractivity contribution in [3.63, 3.8) is 0 Å². The number of amides is 3. The molecule has 0 saturated heterocycles. The molecule has 7 nitrogen and oxygen atoms in total. The van der Waals surface area contributed by atoms with E-state index in [1.807, 2.05) is 36.4 Å². The van der Waals surface area contributed by atoms with Gasteiger partial charge in [0.1, 0.15) is 5.75 Å². The lowest BCUT2D eigenvalue weighted by atomic mass is 10.1. The third-order valence-corrected chi connectivity index (χ3v) is 5.00. The van der Waals surface area contributed by atoms with Crippen LogP contribution < -0.4 is 20.9 Å². The minimum Gasteiger partial charge on any atom is -0.481 e. The molecule has 0 saturated carbocycles. The van der Waals surface area contributed by atoms with Gasteiger partial charge in [0.05, 0.1) is 0 Å². The Morgan fingerprint density at radius 3 is 2.39 bits per heavy atom. The highest BCUT2D eigenvalue weighted by Gasteiger charge is 2.16. The SMILES string of the molecule is CC(Oc1ccc2ccccc2c1)C(=O)NNC(=O)CCNC(=O)c1ccc(Br)cc1. The highest BCUT2D eigenvalue weighted by molar-refractivity contribution is 9.10. The minimum absolute atomic E-state index is 0.0163. The normalized spacial score (nSPS) is 11.4. The Morgan fingerprint density at radius 2 is 1.65 bits per heavy atom. The second-order valence-corrected chi connectivity index (χ2v) is 7.73. The van der Waals surface area contributed by atoms with Crippen molar-refractivity contribution in [2.75, 3.05) is 6.54 Å². The molecule has 3 aromatic carbocycles. The van der Waals surface area contributed by atoms with E-state index in [1.54, 1.807) is 37.3 Å². The Balaban J connectivity index is 1.39. The van der Waals surface area contributed by atoms with Crippen molar-refractivity contribution in [1.82, 2.24) is 16.2 Å². The van der Waals surface area contributed by atoms with E-state index in [9.17, 15) is 14.4 Å². The van der Waals surface area contributed by atoms with Crippen LogP contribution in [-0.4, -0.2) is 30.4 Å². The standard InChI is InChI=1S/C23H22BrN3O4/c1-15(31-20-11-8-16-4-2-3-5-18(16)14-20)22(29)27-26-21(28)12-13-25-23(30)17-6-9-19(24)10-7-17/h2-11,14-15H,12-13H2,1H3,(H,25,30)(H,26,28)(H,27,29). The van der Waals surface area contributed by atoms with E-state index >= 15 is 0 Å². The highest BCUT2D eigenvalue weighted by Crippen LogP contribution is 2.21. The van der Waals surface area contributed by atoms with Gasteiger partial charge >= 0.3 is 0 Å². The Morgan fingerprint density at radius 1 is 0.935 bits per heavy atom. The van der Waals surface area contributed by atoms with Crippen LogP contribution >= 0.6 is 15.9 Å². The van der Waals surface area contributed by atoms with Crippen molar-refractivity contribution in [2.45, 2.75) is 19.4 Å². The summed E-state index contributed by atoms with van der Waals surface area (Å²) in [5.74, 6) is -0.632. The molecule has 0 aliphatic rings. The third kappa shape index (κ3) is 6.55. The van der Waals surface area contributed by atoms with E-state index in [0.717, 1.165) is 15.2 Å². The fraction of sp³-hybridized carbons (Fsp3) is 0.174. The smallest absolute Gasteiger partial charge is 0.279 e. The zero-order valence-corrected chi connectivity index (χ0v) is 18.4. The van der Waals surface area contributed by atoms with Crippen LogP contribution in [0.3, 0.4) is 0 Å². The lowest BCUT2D eigenvalue weighted by Gasteiger charge is -2.15. The van der Waals surface area contributed by atoms with E-state index in [-0.39, 0.29) is 18.9 Å². The summed E-state index contributed by atoms with van der Waals surface area (Å²) in [7, 11) is 0. The minimum atomic E-state index is -0.807. The number of ether oxygens (including phenoxy) is 1. The number of carbonyl (C=O) groups excluding carboxylic acids is 3. The molecule has 0 radical (unpaired) electrons. The van der Waals surface area contributed by atoms with Crippen LogP contribution in [0.5, 0.6) is 5.75 Å². The predicted octanol–water partition coefficient (Wildman–Crippen LogP) is 3.34. The number of hydrogen-bond acceptors (Lipinski definition) is 4. The number of halogens is 1. The van der Waals surface area contributed by atoms with Gasteiger partial charge < -0.3 is 10.1 Å². The molecular weight excluding hydrogens is 462 g/mol. The van der Waals surface area contributed by atoms with Gasteiger partial charge in [0.15, 0.2) is 6.10 Å². The van der Waals surface area contributed by atoms with Crippen molar-refractivity contribution < 1.29 is 19.1 Å². The summed E-state index contributed by atoms with van der Waals surface area (Å²) in [4.78, 5) is 36.1. The molecule has 0 aromatic heterocycles. The Kier molecular flexibility index (Phi) is 7.61. The molecule has 0 spiro atoms. The number of carbonyl (C=O) groups is 3. The largest absolute Gasteiger partial charge is 0.481 e. The van der Waals surface area contributed by atoms with Gasteiger partial charge in [0.2, 0.25) is 5.91 Å². The molecule has 0 aliphatic heterocycles. The summed E-state index contributed by atoms with van der Waals surface area (Å²) in [6.45, 7) is 1.73. The molecular formula is C23H22BrN3O4. The summed E-state index contributed by atoms with van der Waals surface area (Å²) in [6.07, 6.45) is -0.791. The van der Waals surface area contributed by atoms with E-state index in [4.69, 9.17) is 4.74 Å². The van der Waals surface area contributed by atoms with E-state index in [2.05, 4.69) is 32.1 Å². The molecule has 3 aromatic rings. The number of rotatable bonds is 7. The molecule has 3 amide bonds. The van der Waals surface area contributed by atoms with Crippen molar-refractivity contribution >= 4 is 44.4 Å². The maximum Gasteiger partial charge on any atom is 0.279 e. The molecule has 1 atom stereocenters. The molecule has 1 unspecified atom stereocenters. The molecule has 0 bridgehead atoms. The first-order chi connectivity index (χ1) is 14.9. The summed E-state index contributed by atoms with van der Waals surface area (Å²) in [5, 5.41) is 4.74. The number of fused-ring (bicyclic) bond motifs is 1. The summed E-state index contributed by atoms with van der Waals surface area (Å²) in [6, 6.07) is 20.3. The Labute approximate surface area is 188 Å². The van der Waals surface area contributed by atoms with Crippen molar-refractivity contribution in [3.05, 3.63) is 76.8 Å². The molecule has 8 heteroatoms. The third-order valence-electron chi connectivity index (χ3n) is 4.47. The van der Waals surface area contributed by atoms with Gasteiger partial charge in [-0.3, -0.25) is 25.2 Å². The zero-order chi connectivity index (χ0) is 22.2. The van der Waals surface area contributed by atoms with Crippen molar-refractivity contribution in [2.24, 2.45) is 0 Å². The number of hydrogen-bond donors (Lipinski definition) is 3. The van der Waals surface area contributed by atoms with E-state index in [0.29, 0.717) is 11.3 Å². The number of nitrogens with one attached hydrogen (secondary N) is 3. The molecule has 0 aliphatic carbocycles. The summed E-state index contributed by atoms with van der Waals surface area (Å²) < 4.78 is 6.54. The number of hydrazine groups is 1. The monoisotopic (exact) mass is 483 g/mol. The number of benzene rings is 3. The van der Waals surface area contributed by atoms with Crippen LogP contribution in [0.15, 0.2) is 71.2 Å². The van der Waals surface area contributed by atoms with Crippen LogP contribution in [0, 0.1) is 0 Å². The van der Waals surface area contributed by atoms with Gasteiger partial charge in [0, 0.05) is 23.0 Å². The second-order valence-electron chi connectivity index (χ2n) is 6.82. The molecule has 0 fully saturated rings. The summed E-state index contributed by atoms with van der Waals surface area (Å²) >= 11 is 3.31. The molecule has 3 rings (SSSR count). The maximum atomic E-state index is 12.2. The average Bonchev–Trinajstić information content (AvgIpc) is 2.77. The highest BCUT2D eigenvalue weighted by atomic mass is 79.9. The van der Waals surface area contributed by atoms with E-state index in [1.165, 1.54) is 0 Å². The summed E-state index contributed by atoms with van der Waals surface area (Å²) in [5.41, 5.74) is 5.15. The quantitative estimate of drug-likeness (QED) is 0.449. The van der Waals surface area contributed by atoms with Gasteiger partial charge in [-0.1, -0.05) is 46.3 Å². The first-order valence-corrected chi connectivity index (χ1v) is 10.5.